The number of nitrogens with one attached hydrogen (secondary N) is 2. The average molecular weight is 328 g/mol. The van der Waals surface area contributed by atoms with E-state index in [2.05, 4.69) is 38.4 Å². The first-order chi connectivity index (χ1) is 8.97. The van der Waals surface area contributed by atoms with Crippen LogP contribution >= 0.6 is 15.9 Å². The summed E-state index contributed by atoms with van der Waals surface area (Å²) in [7, 11) is 4.10. The fourth-order valence-electron chi connectivity index (χ4n) is 1.56. The van der Waals surface area contributed by atoms with Crippen LogP contribution in [0.5, 0.6) is 0 Å². The highest BCUT2D eigenvalue weighted by atomic mass is 79.9. The lowest BCUT2D eigenvalue weighted by atomic mass is 10.2. The predicted molar refractivity (Wildman–Crippen MR) is 83.4 cm³/mol. The number of benzene rings is 1. The van der Waals surface area contributed by atoms with Crippen LogP contribution in [-0.2, 0) is 4.79 Å². The molecule has 0 saturated heterocycles. The Bertz CT molecular complexity index is 392. The van der Waals surface area contributed by atoms with Crippen molar-refractivity contribution in [3.8, 4) is 0 Å². The van der Waals surface area contributed by atoms with Crippen LogP contribution in [0.4, 0.5) is 5.69 Å². The first kappa shape index (κ1) is 16.1. The number of amides is 1. The molecule has 0 aliphatic heterocycles. The van der Waals surface area contributed by atoms with E-state index in [1.165, 1.54) is 0 Å². The smallest absolute Gasteiger partial charge is 0.238 e. The zero-order valence-electron chi connectivity index (χ0n) is 11.7. The summed E-state index contributed by atoms with van der Waals surface area (Å²) in [6.07, 6.45) is 1.03. The molecule has 1 rings (SSSR count). The molecule has 0 radical (unpaired) electrons. The SMILES string of the molecule is CC(CCN(C)C)NCC(=O)Nc1ccc(Br)cc1. The van der Waals surface area contributed by atoms with Crippen molar-refractivity contribution in [2.45, 2.75) is 19.4 Å². The topological polar surface area (TPSA) is 44.4 Å². The lowest BCUT2D eigenvalue weighted by molar-refractivity contribution is -0.115. The summed E-state index contributed by atoms with van der Waals surface area (Å²) in [5.41, 5.74) is 0.816. The number of carbonyl (C=O) groups is 1. The van der Waals surface area contributed by atoms with E-state index in [1.54, 1.807) is 0 Å². The van der Waals surface area contributed by atoms with Crippen LogP contribution in [0.25, 0.3) is 0 Å². The van der Waals surface area contributed by atoms with Crippen LogP contribution in [-0.4, -0.2) is 44.0 Å². The van der Waals surface area contributed by atoms with Gasteiger partial charge in [0.1, 0.15) is 0 Å². The molecule has 0 saturated carbocycles. The summed E-state index contributed by atoms with van der Waals surface area (Å²) in [5, 5.41) is 6.08. The molecule has 19 heavy (non-hydrogen) atoms. The van der Waals surface area contributed by atoms with Crippen molar-refractivity contribution in [3.63, 3.8) is 0 Å². The largest absolute Gasteiger partial charge is 0.325 e. The van der Waals surface area contributed by atoms with E-state index in [-0.39, 0.29) is 5.91 Å². The Balaban J connectivity index is 2.26. The first-order valence-electron chi connectivity index (χ1n) is 6.41. The van der Waals surface area contributed by atoms with E-state index in [0.29, 0.717) is 12.6 Å². The molecule has 106 valence electrons. The van der Waals surface area contributed by atoms with Crippen molar-refractivity contribution >= 4 is 27.5 Å². The van der Waals surface area contributed by atoms with E-state index < -0.39 is 0 Å². The van der Waals surface area contributed by atoms with E-state index in [9.17, 15) is 4.79 Å². The molecular formula is C14H22BrN3O. The number of halogens is 1. The predicted octanol–water partition coefficient (Wildman–Crippen LogP) is 2.32. The number of carbonyl (C=O) groups excluding carboxylic acids is 1. The second kappa shape index (κ2) is 8.30. The van der Waals surface area contributed by atoms with Gasteiger partial charge in [-0.05, 0) is 58.3 Å². The highest BCUT2D eigenvalue weighted by Gasteiger charge is 2.06. The summed E-state index contributed by atoms with van der Waals surface area (Å²) in [6, 6.07) is 7.89. The number of anilines is 1. The van der Waals surface area contributed by atoms with Crippen molar-refractivity contribution in [1.82, 2.24) is 10.2 Å². The summed E-state index contributed by atoms with van der Waals surface area (Å²) in [6.45, 7) is 3.45. The Labute approximate surface area is 123 Å². The lowest BCUT2D eigenvalue weighted by Crippen LogP contribution is -2.36. The monoisotopic (exact) mass is 327 g/mol. The molecule has 0 spiro atoms. The summed E-state index contributed by atoms with van der Waals surface area (Å²) >= 11 is 3.36. The van der Waals surface area contributed by atoms with Gasteiger partial charge in [0.25, 0.3) is 0 Å². The highest BCUT2D eigenvalue weighted by molar-refractivity contribution is 9.10. The van der Waals surface area contributed by atoms with Gasteiger partial charge < -0.3 is 15.5 Å². The summed E-state index contributed by atoms with van der Waals surface area (Å²) in [4.78, 5) is 13.9. The zero-order valence-corrected chi connectivity index (χ0v) is 13.3. The van der Waals surface area contributed by atoms with Crippen molar-refractivity contribution in [3.05, 3.63) is 28.7 Å². The lowest BCUT2D eigenvalue weighted by Gasteiger charge is -2.16. The summed E-state index contributed by atoms with van der Waals surface area (Å²) in [5.74, 6) is -0.0148. The highest BCUT2D eigenvalue weighted by Crippen LogP contribution is 2.13. The number of rotatable bonds is 7. The summed E-state index contributed by atoms with van der Waals surface area (Å²) < 4.78 is 1.00. The van der Waals surface area contributed by atoms with Gasteiger partial charge in [0.05, 0.1) is 6.54 Å². The van der Waals surface area contributed by atoms with E-state index >= 15 is 0 Å². The first-order valence-corrected chi connectivity index (χ1v) is 7.20. The maximum absolute atomic E-state index is 11.7. The van der Waals surface area contributed by atoms with Gasteiger partial charge in [-0.15, -0.1) is 0 Å². The van der Waals surface area contributed by atoms with Crippen molar-refractivity contribution < 1.29 is 4.79 Å². The third-order valence-corrected chi connectivity index (χ3v) is 3.28. The molecule has 1 unspecified atom stereocenters. The van der Waals surface area contributed by atoms with Crippen LogP contribution in [0, 0.1) is 0 Å². The van der Waals surface area contributed by atoms with Gasteiger partial charge in [-0.1, -0.05) is 15.9 Å². The van der Waals surface area contributed by atoms with Gasteiger partial charge in [0.2, 0.25) is 5.91 Å². The number of hydrogen-bond donors (Lipinski definition) is 2. The normalized spacial score (nSPS) is 12.5. The van der Waals surface area contributed by atoms with Gasteiger partial charge in [-0.3, -0.25) is 4.79 Å². The Morgan fingerprint density at radius 1 is 1.32 bits per heavy atom. The Morgan fingerprint density at radius 3 is 2.53 bits per heavy atom. The second-order valence-corrected chi connectivity index (χ2v) is 5.84. The van der Waals surface area contributed by atoms with Crippen molar-refractivity contribution in [2.75, 3.05) is 32.5 Å². The fourth-order valence-corrected chi connectivity index (χ4v) is 1.82. The molecule has 0 aliphatic carbocycles. The van der Waals surface area contributed by atoms with E-state index in [1.807, 2.05) is 38.4 Å². The minimum Gasteiger partial charge on any atom is -0.325 e. The number of nitrogens with zero attached hydrogens (tertiary/aromatic N) is 1. The molecule has 0 aromatic heterocycles. The Morgan fingerprint density at radius 2 is 1.95 bits per heavy atom. The average Bonchev–Trinajstić information content (AvgIpc) is 2.36. The molecule has 5 heteroatoms. The van der Waals surface area contributed by atoms with Crippen molar-refractivity contribution in [1.29, 1.82) is 0 Å². The Kier molecular flexibility index (Phi) is 7.05. The molecule has 0 aliphatic rings. The molecule has 2 N–H and O–H groups in total. The molecule has 0 heterocycles. The minimum atomic E-state index is -0.0148. The fraction of sp³-hybridized carbons (Fsp3) is 0.500. The van der Waals surface area contributed by atoms with Crippen LogP contribution in [0.2, 0.25) is 0 Å². The molecule has 1 aromatic rings. The third kappa shape index (κ3) is 7.30. The van der Waals surface area contributed by atoms with Gasteiger partial charge in [-0.2, -0.15) is 0 Å². The standard InChI is InChI=1S/C14H22BrN3O/c1-11(8-9-18(2)3)16-10-14(19)17-13-6-4-12(15)5-7-13/h4-7,11,16H,8-10H2,1-3H3,(H,17,19). The number of hydrogen-bond acceptors (Lipinski definition) is 3. The molecule has 1 amide bonds. The van der Waals surface area contributed by atoms with Gasteiger partial charge >= 0.3 is 0 Å². The maximum atomic E-state index is 11.7. The van der Waals surface area contributed by atoms with Crippen LogP contribution in [0.1, 0.15) is 13.3 Å². The molecular weight excluding hydrogens is 306 g/mol. The quantitative estimate of drug-likeness (QED) is 0.807. The minimum absolute atomic E-state index is 0.0148. The maximum Gasteiger partial charge on any atom is 0.238 e. The van der Waals surface area contributed by atoms with Crippen LogP contribution in [0.3, 0.4) is 0 Å². The zero-order chi connectivity index (χ0) is 14.3. The van der Waals surface area contributed by atoms with Gasteiger partial charge in [0, 0.05) is 16.2 Å². The van der Waals surface area contributed by atoms with E-state index in [4.69, 9.17) is 0 Å². The van der Waals surface area contributed by atoms with Gasteiger partial charge in [0.15, 0.2) is 0 Å². The molecule has 4 nitrogen and oxygen atoms in total. The Hall–Kier alpha value is -0.910. The van der Waals surface area contributed by atoms with Crippen LogP contribution in [0.15, 0.2) is 28.7 Å². The third-order valence-electron chi connectivity index (χ3n) is 2.75. The molecule has 1 atom stereocenters. The molecule has 1 aromatic carbocycles. The van der Waals surface area contributed by atoms with Crippen LogP contribution < -0.4 is 10.6 Å². The van der Waals surface area contributed by atoms with Crippen molar-refractivity contribution in [2.24, 2.45) is 0 Å². The van der Waals surface area contributed by atoms with E-state index in [0.717, 1.165) is 23.1 Å². The van der Waals surface area contributed by atoms with Gasteiger partial charge in [-0.25, -0.2) is 0 Å². The molecule has 0 bridgehead atoms. The molecule has 0 fully saturated rings. The second-order valence-electron chi connectivity index (χ2n) is 4.93.